The maximum atomic E-state index is 15.2. The van der Waals surface area contributed by atoms with Crippen LogP contribution in [-0.2, 0) is 55.7 Å². The van der Waals surface area contributed by atoms with Gasteiger partial charge in [-0.25, -0.2) is 14.4 Å². The topological polar surface area (TPSA) is 157 Å². The molecular formula is C72H58O14. The molecule has 1 aromatic heterocycles. The molecule has 0 atom stereocenters. The smallest absolute Gasteiger partial charge is 0.344 e. The van der Waals surface area contributed by atoms with E-state index in [1.807, 2.05) is 212 Å². The van der Waals surface area contributed by atoms with Gasteiger partial charge in [-0.15, -0.1) is 0 Å². The molecule has 14 nitrogen and oxygen atoms in total. The summed E-state index contributed by atoms with van der Waals surface area (Å²) < 4.78 is 71.8. The van der Waals surface area contributed by atoms with Crippen LogP contribution in [0.4, 0.5) is 0 Å². The SMILES string of the molecule is COC(=O)c1cc(OCc2ccccc2)c(OCc2ccccc2)c(OCc2ccccc2)c1Oc1cc(C(=O)OC)c2c(oc(=O)c3cc(OCc4ccccc4)c(OCc4ccccc4)c(OCc4ccccc4)c32)c1OCc1ccccc1. The number of hydrogen-bond donors (Lipinski definition) is 0. The molecule has 0 aliphatic heterocycles. The van der Waals surface area contributed by atoms with Crippen LogP contribution in [0, 0.1) is 0 Å². The zero-order valence-electron chi connectivity index (χ0n) is 47.1. The third kappa shape index (κ3) is 13.4. The summed E-state index contributed by atoms with van der Waals surface area (Å²) >= 11 is 0. The summed E-state index contributed by atoms with van der Waals surface area (Å²) in [5.41, 5.74) is 4.11. The van der Waals surface area contributed by atoms with Crippen LogP contribution in [-0.4, -0.2) is 26.2 Å². The maximum absolute atomic E-state index is 15.2. The molecule has 0 saturated carbocycles. The Labute approximate surface area is 496 Å². The van der Waals surface area contributed by atoms with Crippen LogP contribution in [0.3, 0.4) is 0 Å². The molecule has 0 aliphatic rings. The van der Waals surface area contributed by atoms with E-state index in [1.165, 1.54) is 32.4 Å². The summed E-state index contributed by atoms with van der Waals surface area (Å²) in [6.45, 7) is 0.0403. The summed E-state index contributed by atoms with van der Waals surface area (Å²) in [5, 5.41) is 0.117. The molecule has 1 heterocycles. The zero-order valence-corrected chi connectivity index (χ0v) is 47.1. The molecule has 0 unspecified atom stereocenters. The van der Waals surface area contributed by atoms with Gasteiger partial charge in [-0.1, -0.05) is 212 Å². The molecule has 0 N–H and O–H groups in total. The summed E-state index contributed by atoms with van der Waals surface area (Å²) in [6.07, 6.45) is 0. The Morgan fingerprint density at radius 3 is 1.03 bits per heavy atom. The van der Waals surface area contributed by atoms with E-state index in [4.69, 9.17) is 51.8 Å². The highest BCUT2D eigenvalue weighted by molar-refractivity contribution is 6.19. The van der Waals surface area contributed by atoms with E-state index >= 15 is 4.79 Å². The van der Waals surface area contributed by atoms with Crippen molar-refractivity contribution >= 4 is 33.7 Å². The second-order valence-corrected chi connectivity index (χ2v) is 19.7. The number of esters is 2. The van der Waals surface area contributed by atoms with E-state index in [2.05, 4.69) is 0 Å². The number of methoxy groups -OCH3 is 2. The molecule has 11 rings (SSSR count). The second kappa shape index (κ2) is 27.4. The van der Waals surface area contributed by atoms with Crippen LogP contribution < -0.4 is 43.5 Å². The van der Waals surface area contributed by atoms with Crippen LogP contribution >= 0.6 is 0 Å². The number of fused-ring (bicyclic) bond motifs is 3. The standard InChI is InChI=1S/C72H58O14/c1-76-70(73)55-39-60(85-63-57(71(74)77-2)40-59(79-42-49-26-12-4-13-27-49)65(81-44-51-30-16-6-17-31-51)69(63)84-47-54-36-22-9-23-37-54)66(82-45-52-32-18-7-19-33-52)68-62(55)61-56(72(75)86-68)38-58(78-41-48-24-10-3-11-25-48)64(80-43-50-28-14-5-15-29-50)67(61)83-46-53-34-20-8-21-35-53/h3-40H,41-47H2,1-2H3. The van der Waals surface area contributed by atoms with Gasteiger partial charge in [0.25, 0.3) is 0 Å². The first-order valence-corrected chi connectivity index (χ1v) is 27.7. The van der Waals surface area contributed by atoms with E-state index in [0.29, 0.717) is 5.56 Å². The number of benzene rings is 10. The molecule has 11 aromatic rings. The maximum Gasteiger partial charge on any atom is 0.344 e. The lowest BCUT2D eigenvalue weighted by Gasteiger charge is -2.24. The fraction of sp³-hybridized carbons (Fsp3) is 0.125. The van der Waals surface area contributed by atoms with Gasteiger partial charge in [0.05, 0.1) is 25.2 Å². The van der Waals surface area contributed by atoms with Gasteiger partial charge in [0, 0.05) is 22.9 Å². The lowest BCUT2D eigenvalue weighted by atomic mass is 9.99. The van der Waals surface area contributed by atoms with Crippen molar-refractivity contribution < 1.29 is 61.4 Å². The van der Waals surface area contributed by atoms with Crippen LogP contribution in [0.1, 0.15) is 59.7 Å². The Hall–Kier alpha value is -11.0. The van der Waals surface area contributed by atoms with Crippen LogP contribution in [0.2, 0.25) is 0 Å². The first-order chi connectivity index (χ1) is 42.3. The van der Waals surface area contributed by atoms with Crippen molar-refractivity contribution in [1.82, 2.24) is 0 Å². The van der Waals surface area contributed by atoms with E-state index in [9.17, 15) is 9.59 Å². The Bertz CT molecular complexity index is 4150. The minimum absolute atomic E-state index is 0.0184. The predicted molar refractivity (Wildman–Crippen MR) is 325 cm³/mol. The van der Waals surface area contributed by atoms with Crippen LogP contribution in [0.25, 0.3) is 21.7 Å². The first-order valence-electron chi connectivity index (χ1n) is 27.7. The average molecular weight is 1150 g/mol. The molecule has 10 aromatic carbocycles. The van der Waals surface area contributed by atoms with Crippen molar-refractivity contribution in [2.24, 2.45) is 0 Å². The molecule has 0 amide bonds. The van der Waals surface area contributed by atoms with Gasteiger partial charge in [-0.2, -0.15) is 0 Å². The van der Waals surface area contributed by atoms with Crippen LogP contribution in [0.15, 0.2) is 240 Å². The number of carbonyl (C=O) groups excluding carboxylic acids is 2. The lowest BCUT2D eigenvalue weighted by Crippen LogP contribution is -2.12. The number of carbonyl (C=O) groups is 2. The third-order valence-electron chi connectivity index (χ3n) is 13.9. The van der Waals surface area contributed by atoms with Gasteiger partial charge in [0.2, 0.25) is 23.0 Å². The van der Waals surface area contributed by atoms with Gasteiger partial charge in [0.15, 0.2) is 34.3 Å². The molecule has 0 saturated heterocycles. The molecule has 86 heavy (non-hydrogen) atoms. The van der Waals surface area contributed by atoms with Gasteiger partial charge < -0.3 is 51.8 Å². The van der Waals surface area contributed by atoms with Gasteiger partial charge in [-0.3, -0.25) is 0 Å². The normalized spacial score (nSPS) is 10.9. The van der Waals surface area contributed by atoms with Crippen molar-refractivity contribution in [2.45, 2.75) is 46.2 Å². The minimum Gasteiger partial charge on any atom is -0.485 e. The van der Waals surface area contributed by atoms with Crippen molar-refractivity contribution in [1.29, 1.82) is 0 Å². The Morgan fingerprint density at radius 1 is 0.326 bits per heavy atom. The van der Waals surface area contributed by atoms with E-state index in [0.717, 1.165) is 33.4 Å². The second-order valence-electron chi connectivity index (χ2n) is 19.7. The van der Waals surface area contributed by atoms with Crippen molar-refractivity contribution in [2.75, 3.05) is 14.2 Å². The molecular weight excluding hydrogens is 1090 g/mol. The molecule has 0 aliphatic carbocycles. The van der Waals surface area contributed by atoms with E-state index in [-0.39, 0.29) is 131 Å². The number of rotatable bonds is 25. The zero-order chi connectivity index (χ0) is 59.0. The fourth-order valence-corrected chi connectivity index (χ4v) is 9.57. The molecule has 14 heteroatoms. The van der Waals surface area contributed by atoms with Gasteiger partial charge in [0.1, 0.15) is 51.8 Å². The lowest BCUT2D eigenvalue weighted by molar-refractivity contribution is 0.0588. The Morgan fingerprint density at radius 2 is 0.640 bits per heavy atom. The summed E-state index contributed by atoms with van der Waals surface area (Å²) in [6, 6.07) is 70.5. The summed E-state index contributed by atoms with van der Waals surface area (Å²) in [5.74, 6) is -1.89. The van der Waals surface area contributed by atoms with E-state index < -0.39 is 17.6 Å². The average Bonchev–Trinajstić information content (AvgIpc) is 0.858. The number of ether oxygens (including phenoxy) is 10. The molecule has 0 fully saturated rings. The highest BCUT2D eigenvalue weighted by atomic mass is 16.6. The Kier molecular flexibility index (Phi) is 18.1. The molecule has 0 bridgehead atoms. The first kappa shape index (κ1) is 56.9. The summed E-state index contributed by atoms with van der Waals surface area (Å²) in [4.78, 5) is 44.5. The van der Waals surface area contributed by atoms with Crippen LogP contribution in [0.5, 0.6) is 51.7 Å². The number of hydrogen-bond acceptors (Lipinski definition) is 14. The largest absolute Gasteiger partial charge is 0.485 e. The van der Waals surface area contributed by atoms with Crippen molar-refractivity contribution in [3.05, 3.63) is 291 Å². The monoisotopic (exact) mass is 1150 g/mol. The van der Waals surface area contributed by atoms with Gasteiger partial charge >= 0.3 is 17.6 Å². The third-order valence-corrected chi connectivity index (χ3v) is 13.9. The quantitative estimate of drug-likeness (QED) is 0.0302. The van der Waals surface area contributed by atoms with Crippen molar-refractivity contribution in [3.63, 3.8) is 0 Å². The van der Waals surface area contributed by atoms with Crippen molar-refractivity contribution in [3.8, 4) is 51.7 Å². The Balaban J connectivity index is 1.18. The van der Waals surface area contributed by atoms with Gasteiger partial charge in [-0.05, 0) is 45.0 Å². The highest BCUT2D eigenvalue weighted by Crippen LogP contribution is 2.54. The fourth-order valence-electron chi connectivity index (χ4n) is 9.57. The predicted octanol–water partition coefficient (Wildman–Crippen LogP) is 15.4. The minimum atomic E-state index is -0.875. The molecule has 0 spiro atoms. The highest BCUT2D eigenvalue weighted by Gasteiger charge is 2.34. The molecule has 430 valence electrons. The van der Waals surface area contributed by atoms with E-state index in [1.54, 1.807) is 0 Å². The summed E-state index contributed by atoms with van der Waals surface area (Å²) in [7, 11) is 2.45. The molecule has 0 radical (unpaired) electrons.